The molecule has 0 saturated heterocycles. The van der Waals surface area contributed by atoms with Crippen LogP contribution in [0.2, 0.25) is 0 Å². The van der Waals surface area contributed by atoms with Crippen molar-refractivity contribution < 1.29 is 14.3 Å². The zero-order chi connectivity index (χ0) is 17.5. The first-order chi connectivity index (χ1) is 11.6. The van der Waals surface area contributed by atoms with Crippen molar-refractivity contribution in [2.24, 2.45) is 0 Å². The summed E-state index contributed by atoms with van der Waals surface area (Å²) >= 11 is 1.19. The highest BCUT2D eigenvalue weighted by atomic mass is 32.2. The molecule has 0 saturated carbocycles. The van der Waals surface area contributed by atoms with E-state index < -0.39 is 17.3 Å². The molecule has 24 heavy (non-hydrogen) atoms. The number of pyridine rings is 1. The van der Waals surface area contributed by atoms with E-state index in [0.29, 0.717) is 17.5 Å². The minimum atomic E-state index is -0.795. The van der Waals surface area contributed by atoms with Gasteiger partial charge < -0.3 is 4.74 Å². The van der Waals surface area contributed by atoms with Crippen molar-refractivity contribution in [2.45, 2.75) is 23.9 Å². The lowest BCUT2D eigenvalue weighted by Crippen LogP contribution is -2.36. The molecule has 2 amide bonds. The fourth-order valence-electron chi connectivity index (χ4n) is 1.84. The topological polar surface area (TPSA) is 99.0 Å². The van der Waals surface area contributed by atoms with Crippen LogP contribution in [0.15, 0.2) is 42.3 Å². The van der Waals surface area contributed by atoms with Crippen LogP contribution in [-0.2, 0) is 16.1 Å². The van der Waals surface area contributed by atoms with Crippen LogP contribution in [0.1, 0.15) is 6.92 Å². The number of ether oxygens (including phenoxy) is 1. The molecule has 0 radical (unpaired) electrons. The lowest BCUT2D eigenvalue weighted by molar-refractivity contribution is -0.119. The van der Waals surface area contributed by atoms with Crippen molar-refractivity contribution >= 4 is 23.8 Å². The molecule has 1 atom stereocenters. The van der Waals surface area contributed by atoms with Crippen LogP contribution in [0.25, 0.3) is 11.4 Å². The van der Waals surface area contributed by atoms with E-state index in [1.54, 1.807) is 25.4 Å². The predicted octanol–water partition coefficient (Wildman–Crippen LogP) is 1.89. The lowest BCUT2D eigenvalue weighted by atomic mass is 10.3. The average molecular weight is 347 g/mol. The van der Waals surface area contributed by atoms with Crippen molar-refractivity contribution in [1.82, 2.24) is 25.1 Å². The summed E-state index contributed by atoms with van der Waals surface area (Å²) in [6, 6.07) is 3.68. The van der Waals surface area contributed by atoms with Gasteiger partial charge in [-0.25, -0.2) is 4.79 Å². The highest BCUT2D eigenvalue weighted by molar-refractivity contribution is 8.00. The number of carbonyl (C=O) groups excluding carboxylic acids is 2. The van der Waals surface area contributed by atoms with Crippen LogP contribution >= 0.6 is 11.8 Å². The maximum absolute atomic E-state index is 11.9. The van der Waals surface area contributed by atoms with Crippen molar-refractivity contribution in [2.75, 3.05) is 7.11 Å². The van der Waals surface area contributed by atoms with Crippen LogP contribution < -0.4 is 5.32 Å². The molecule has 8 nitrogen and oxygen atoms in total. The number of imide groups is 1. The highest BCUT2D eigenvalue weighted by Crippen LogP contribution is 2.26. The van der Waals surface area contributed by atoms with Crippen LogP contribution in [0.4, 0.5) is 4.79 Å². The van der Waals surface area contributed by atoms with Gasteiger partial charge in [-0.3, -0.25) is 19.7 Å². The summed E-state index contributed by atoms with van der Waals surface area (Å²) in [5.74, 6) is 0.161. The minimum Gasteiger partial charge on any atom is -0.453 e. The molecule has 0 bridgehead atoms. The van der Waals surface area contributed by atoms with E-state index in [0.717, 1.165) is 5.56 Å². The normalized spacial score (nSPS) is 11.6. The molecule has 2 aromatic rings. The molecule has 2 heterocycles. The van der Waals surface area contributed by atoms with Gasteiger partial charge in [0.1, 0.15) is 0 Å². The molecule has 0 aliphatic rings. The van der Waals surface area contributed by atoms with Gasteiger partial charge in [-0.15, -0.1) is 16.8 Å². The van der Waals surface area contributed by atoms with E-state index >= 15 is 0 Å². The van der Waals surface area contributed by atoms with Gasteiger partial charge in [0.2, 0.25) is 5.91 Å². The second-order valence-corrected chi connectivity index (χ2v) is 6.00. The van der Waals surface area contributed by atoms with Crippen LogP contribution in [0.3, 0.4) is 0 Å². The van der Waals surface area contributed by atoms with Crippen molar-refractivity contribution in [3.8, 4) is 11.4 Å². The van der Waals surface area contributed by atoms with Gasteiger partial charge in [-0.1, -0.05) is 17.8 Å². The van der Waals surface area contributed by atoms with Gasteiger partial charge in [-0.2, -0.15) is 0 Å². The summed E-state index contributed by atoms with van der Waals surface area (Å²) < 4.78 is 6.24. The number of thioether (sulfide) groups is 1. The zero-order valence-corrected chi connectivity index (χ0v) is 14.1. The third-order valence-electron chi connectivity index (χ3n) is 3.01. The first-order valence-electron chi connectivity index (χ1n) is 7.06. The van der Waals surface area contributed by atoms with Crippen LogP contribution in [0.5, 0.6) is 0 Å². The number of methoxy groups -OCH3 is 1. The first-order valence-corrected chi connectivity index (χ1v) is 7.94. The molecule has 126 valence electrons. The molecular formula is C15H17N5O3S. The minimum absolute atomic E-state index is 0.470. The molecule has 0 aromatic carbocycles. The van der Waals surface area contributed by atoms with E-state index in [1.165, 1.54) is 18.9 Å². The van der Waals surface area contributed by atoms with E-state index in [2.05, 4.69) is 31.8 Å². The predicted molar refractivity (Wildman–Crippen MR) is 89.3 cm³/mol. The largest absolute Gasteiger partial charge is 0.453 e. The molecule has 0 spiro atoms. The van der Waals surface area contributed by atoms with Gasteiger partial charge >= 0.3 is 6.09 Å². The molecule has 9 heteroatoms. The lowest BCUT2D eigenvalue weighted by Gasteiger charge is -2.11. The zero-order valence-electron chi connectivity index (χ0n) is 13.3. The first kappa shape index (κ1) is 17.7. The molecule has 0 unspecified atom stereocenters. The molecule has 0 aliphatic heterocycles. The van der Waals surface area contributed by atoms with E-state index in [9.17, 15) is 9.59 Å². The van der Waals surface area contributed by atoms with Crippen LogP contribution in [0, 0.1) is 0 Å². The molecule has 0 aliphatic carbocycles. The fourth-order valence-corrected chi connectivity index (χ4v) is 2.70. The Balaban J connectivity index is 2.21. The quantitative estimate of drug-likeness (QED) is 0.629. The number of carbonyl (C=O) groups is 2. The maximum Gasteiger partial charge on any atom is 0.413 e. The van der Waals surface area contributed by atoms with Crippen molar-refractivity contribution in [3.63, 3.8) is 0 Å². The van der Waals surface area contributed by atoms with Gasteiger partial charge in [0.15, 0.2) is 11.0 Å². The van der Waals surface area contributed by atoms with Gasteiger partial charge in [0, 0.05) is 24.5 Å². The SMILES string of the molecule is C=CCn1c(S[C@H](C)C(=O)NC(=O)OC)nnc1-c1cccnc1. The number of hydrogen-bond donors (Lipinski definition) is 1. The van der Waals surface area contributed by atoms with E-state index in [4.69, 9.17) is 0 Å². The molecular weight excluding hydrogens is 330 g/mol. The number of alkyl carbamates (subject to hydrolysis) is 1. The number of aromatic nitrogens is 4. The summed E-state index contributed by atoms with van der Waals surface area (Å²) in [7, 11) is 1.20. The average Bonchev–Trinajstić information content (AvgIpc) is 2.98. The standard InChI is InChI=1S/C15H17N5O3S/c1-4-8-20-12(11-6-5-7-16-9-11)18-19-14(20)24-10(2)13(21)17-15(22)23-3/h4-7,9-10H,1,8H2,2-3H3,(H,17,21,22)/t10-/m1/s1. The number of nitrogens with one attached hydrogen (secondary N) is 1. The smallest absolute Gasteiger partial charge is 0.413 e. The number of amides is 2. The number of nitrogens with zero attached hydrogens (tertiary/aromatic N) is 4. The van der Waals surface area contributed by atoms with E-state index in [-0.39, 0.29) is 0 Å². The number of hydrogen-bond acceptors (Lipinski definition) is 7. The van der Waals surface area contributed by atoms with Crippen molar-refractivity contribution in [3.05, 3.63) is 37.2 Å². The molecule has 0 fully saturated rings. The van der Waals surface area contributed by atoms with E-state index in [1.807, 2.05) is 16.7 Å². The van der Waals surface area contributed by atoms with Gasteiger partial charge in [0.05, 0.1) is 12.4 Å². The van der Waals surface area contributed by atoms with Gasteiger partial charge in [0.25, 0.3) is 0 Å². The van der Waals surface area contributed by atoms with Crippen LogP contribution in [-0.4, -0.2) is 44.1 Å². The summed E-state index contributed by atoms with van der Waals surface area (Å²) in [4.78, 5) is 27.1. The Morgan fingerprint density at radius 3 is 2.92 bits per heavy atom. The number of rotatable bonds is 6. The van der Waals surface area contributed by atoms with Gasteiger partial charge in [-0.05, 0) is 19.1 Å². The Labute approximate surface area is 143 Å². The van der Waals surface area contributed by atoms with Crippen molar-refractivity contribution in [1.29, 1.82) is 0 Å². The summed E-state index contributed by atoms with van der Waals surface area (Å²) in [6.07, 6.45) is 4.28. The summed E-state index contributed by atoms with van der Waals surface area (Å²) in [5, 5.41) is 10.4. The Hall–Kier alpha value is -2.68. The Kier molecular flexibility index (Phi) is 6.07. The third kappa shape index (κ3) is 4.19. The summed E-state index contributed by atoms with van der Waals surface area (Å²) in [5.41, 5.74) is 0.811. The Morgan fingerprint density at radius 2 is 2.29 bits per heavy atom. The second-order valence-electron chi connectivity index (χ2n) is 4.69. The highest BCUT2D eigenvalue weighted by Gasteiger charge is 2.22. The molecule has 2 aromatic heterocycles. The maximum atomic E-state index is 11.9. The Morgan fingerprint density at radius 1 is 1.50 bits per heavy atom. The monoisotopic (exact) mass is 347 g/mol. The molecule has 2 rings (SSSR count). The Bertz CT molecular complexity index is 732. The number of allylic oxidation sites excluding steroid dienone is 1. The molecule has 1 N–H and O–H groups in total. The fraction of sp³-hybridized carbons (Fsp3) is 0.267. The summed E-state index contributed by atoms with van der Waals surface area (Å²) in [6.45, 7) is 5.88. The third-order valence-corrected chi connectivity index (χ3v) is 4.09. The second kappa shape index (κ2) is 8.25.